The molecule has 3 heterocycles. The molecule has 2 aromatic heterocycles. The van der Waals surface area contributed by atoms with Crippen molar-refractivity contribution in [3.63, 3.8) is 0 Å². The van der Waals surface area contributed by atoms with Crippen LogP contribution in [-0.4, -0.2) is 43.3 Å². The molecule has 0 aromatic carbocycles. The number of carbonyl (C=O) groups excluding carboxylic acids is 1. The number of sulfonamides is 1. The van der Waals surface area contributed by atoms with Crippen LogP contribution in [0.3, 0.4) is 0 Å². The van der Waals surface area contributed by atoms with E-state index in [2.05, 4.69) is 9.71 Å². The molecule has 1 amide bonds. The maximum absolute atomic E-state index is 12.8. The van der Waals surface area contributed by atoms with E-state index in [1.54, 1.807) is 33.7 Å². The summed E-state index contributed by atoms with van der Waals surface area (Å²) in [5, 5.41) is 2.75. The summed E-state index contributed by atoms with van der Waals surface area (Å²) in [4.78, 5) is 20.4. The molecule has 2 aliphatic rings. The smallest absolute Gasteiger partial charge is 0.250 e. The molecule has 1 N–H and O–H groups in total. The summed E-state index contributed by atoms with van der Waals surface area (Å²) in [5.41, 5.74) is 0.946. The molecular formula is C16H19N3O3S3. The van der Waals surface area contributed by atoms with Crippen LogP contribution in [0.15, 0.2) is 21.7 Å². The average Bonchev–Trinajstić information content (AvgIpc) is 3.17. The molecule has 0 spiro atoms. The van der Waals surface area contributed by atoms with Gasteiger partial charge in [-0.15, -0.1) is 22.7 Å². The van der Waals surface area contributed by atoms with E-state index < -0.39 is 10.0 Å². The largest absolute Gasteiger partial charge is 0.339 e. The summed E-state index contributed by atoms with van der Waals surface area (Å²) in [5.74, 6) is -0.0821. The highest BCUT2D eigenvalue weighted by Gasteiger charge is 2.39. The Kier molecular flexibility index (Phi) is 4.43. The van der Waals surface area contributed by atoms with E-state index in [9.17, 15) is 13.2 Å². The number of aryl methyl sites for hydroxylation is 2. The van der Waals surface area contributed by atoms with Crippen molar-refractivity contribution in [1.29, 1.82) is 0 Å². The fourth-order valence-corrected chi connectivity index (χ4v) is 6.70. The second kappa shape index (κ2) is 6.46. The van der Waals surface area contributed by atoms with Crippen molar-refractivity contribution in [1.82, 2.24) is 14.6 Å². The number of likely N-dealkylation sites (tertiary alicyclic amines) is 1. The van der Waals surface area contributed by atoms with E-state index >= 15 is 0 Å². The molecule has 4 rings (SSSR count). The molecule has 0 radical (unpaired) electrons. The third kappa shape index (κ3) is 3.25. The zero-order valence-corrected chi connectivity index (χ0v) is 16.2. The van der Waals surface area contributed by atoms with Gasteiger partial charge in [-0.1, -0.05) is 6.07 Å². The molecule has 1 fully saturated rings. The molecule has 6 nitrogen and oxygen atoms in total. The topological polar surface area (TPSA) is 79.4 Å². The maximum atomic E-state index is 12.8. The Morgan fingerprint density at radius 1 is 1.40 bits per heavy atom. The first-order valence-corrected chi connectivity index (χ1v) is 11.4. The molecule has 1 saturated heterocycles. The number of thiazole rings is 1. The van der Waals surface area contributed by atoms with Crippen LogP contribution >= 0.6 is 22.7 Å². The predicted molar refractivity (Wildman–Crippen MR) is 97.5 cm³/mol. The zero-order chi connectivity index (χ0) is 17.6. The Morgan fingerprint density at radius 2 is 2.20 bits per heavy atom. The summed E-state index contributed by atoms with van der Waals surface area (Å²) >= 11 is 2.88. The number of rotatable bonds is 4. The fourth-order valence-electron chi connectivity index (χ4n) is 3.43. The van der Waals surface area contributed by atoms with E-state index in [0.717, 1.165) is 30.0 Å². The van der Waals surface area contributed by atoms with Crippen LogP contribution in [0.2, 0.25) is 0 Å². The standard InChI is InChI=1S/C16H19N3O3S3/c1-10-17-15-12(4-2-5-13(15)24-10)16(20)19-8-11(9-19)18-25(21,22)14-6-3-7-23-14/h3,6-7,11-12,18H,2,4-5,8-9H2,1H3. The van der Waals surface area contributed by atoms with Crippen LogP contribution in [0.5, 0.6) is 0 Å². The second-order valence-electron chi connectivity index (χ2n) is 6.48. The molecule has 1 unspecified atom stereocenters. The van der Waals surface area contributed by atoms with Crippen molar-refractivity contribution in [2.45, 2.75) is 42.4 Å². The Hall–Kier alpha value is -1.29. The number of aromatic nitrogens is 1. The third-order valence-corrected chi connectivity index (χ3v) is 8.60. The van der Waals surface area contributed by atoms with Crippen LogP contribution in [0.4, 0.5) is 0 Å². The molecule has 2 aromatic rings. The van der Waals surface area contributed by atoms with Gasteiger partial charge in [-0.2, -0.15) is 0 Å². The molecular weight excluding hydrogens is 378 g/mol. The first kappa shape index (κ1) is 17.1. The minimum Gasteiger partial charge on any atom is -0.339 e. The van der Waals surface area contributed by atoms with E-state index in [0.29, 0.717) is 17.3 Å². The summed E-state index contributed by atoms with van der Waals surface area (Å²) in [6, 6.07) is 3.09. The molecule has 134 valence electrons. The zero-order valence-electron chi connectivity index (χ0n) is 13.8. The van der Waals surface area contributed by atoms with E-state index in [1.807, 2.05) is 6.92 Å². The number of hydrogen-bond donors (Lipinski definition) is 1. The fraction of sp³-hybridized carbons (Fsp3) is 0.500. The Labute approximate surface area is 154 Å². The van der Waals surface area contributed by atoms with Crippen LogP contribution < -0.4 is 4.72 Å². The van der Waals surface area contributed by atoms with Crippen molar-refractivity contribution < 1.29 is 13.2 Å². The third-order valence-electron chi connectivity index (χ3n) is 4.63. The van der Waals surface area contributed by atoms with Gasteiger partial charge in [0.05, 0.1) is 22.7 Å². The SMILES string of the molecule is Cc1nc2c(s1)CCCC2C(=O)N1CC(NS(=O)(=O)c2cccs2)C1. The average molecular weight is 398 g/mol. The minimum absolute atomic E-state index is 0.0813. The Balaban J connectivity index is 1.39. The van der Waals surface area contributed by atoms with Gasteiger partial charge in [0, 0.05) is 18.0 Å². The van der Waals surface area contributed by atoms with Crippen molar-refractivity contribution in [3.05, 3.63) is 33.1 Å². The number of nitrogens with one attached hydrogen (secondary N) is 1. The van der Waals surface area contributed by atoms with Crippen molar-refractivity contribution >= 4 is 38.6 Å². The van der Waals surface area contributed by atoms with Crippen molar-refractivity contribution in [2.24, 2.45) is 0 Å². The molecule has 0 bridgehead atoms. The number of nitrogens with zero attached hydrogens (tertiary/aromatic N) is 2. The molecule has 1 aliphatic heterocycles. The molecule has 0 saturated carbocycles. The van der Waals surface area contributed by atoms with E-state index in [-0.39, 0.29) is 17.9 Å². The minimum atomic E-state index is -3.48. The van der Waals surface area contributed by atoms with Crippen molar-refractivity contribution in [3.8, 4) is 0 Å². The summed E-state index contributed by atoms with van der Waals surface area (Å²) in [7, 11) is -3.48. The Bertz CT molecular complexity index is 883. The van der Waals surface area contributed by atoms with Crippen molar-refractivity contribution in [2.75, 3.05) is 13.1 Å². The van der Waals surface area contributed by atoms with Gasteiger partial charge in [0.15, 0.2) is 0 Å². The van der Waals surface area contributed by atoms with Crippen LogP contribution in [0.1, 0.15) is 34.3 Å². The van der Waals surface area contributed by atoms with Crippen LogP contribution in [0.25, 0.3) is 0 Å². The van der Waals surface area contributed by atoms with Gasteiger partial charge in [-0.05, 0) is 37.6 Å². The molecule has 1 aliphatic carbocycles. The van der Waals surface area contributed by atoms with Crippen LogP contribution in [-0.2, 0) is 21.2 Å². The highest BCUT2D eigenvalue weighted by Crippen LogP contribution is 2.36. The molecule has 25 heavy (non-hydrogen) atoms. The number of hydrogen-bond acceptors (Lipinski definition) is 6. The lowest BCUT2D eigenvalue weighted by atomic mass is 9.89. The van der Waals surface area contributed by atoms with E-state index in [4.69, 9.17) is 0 Å². The number of fused-ring (bicyclic) bond motifs is 1. The number of amides is 1. The quantitative estimate of drug-likeness (QED) is 0.857. The van der Waals surface area contributed by atoms with Gasteiger partial charge in [-0.25, -0.2) is 18.1 Å². The Morgan fingerprint density at radius 3 is 2.92 bits per heavy atom. The summed E-state index contributed by atoms with van der Waals surface area (Å²) in [6.45, 7) is 2.83. The first-order chi connectivity index (χ1) is 11.9. The van der Waals surface area contributed by atoms with Crippen LogP contribution in [0, 0.1) is 6.92 Å². The monoisotopic (exact) mass is 397 g/mol. The first-order valence-electron chi connectivity index (χ1n) is 8.25. The summed E-state index contributed by atoms with van der Waals surface area (Å²) < 4.78 is 27.5. The van der Waals surface area contributed by atoms with Gasteiger partial charge in [-0.3, -0.25) is 4.79 Å². The van der Waals surface area contributed by atoms with Gasteiger partial charge in [0.25, 0.3) is 0 Å². The van der Waals surface area contributed by atoms with Gasteiger partial charge in [0.2, 0.25) is 15.9 Å². The highest BCUT2D eigenvalue weighted by atomic mass is 32.2. The summed E-state index contributed by atoms with van der Waals surface area (Å²) in [6.07, 6.45) is 2.85. The number of thiophene rings is 1. The molecule has 9 heteroatoms. The maximum Gasteiger partial charge on any atom is 0.250 e. The lowest BCUT2D eigenvalue weighted by Crippen LogP contribution is -2.61. The highest BCUT2D eigenvalue weighted by molar-refractivity contribution is 7.91. The van der Waals surface area contributed by atoms with Gasteiger partial charge in [0.1, 0.15) is 4.21 Å². The second-order valence-corrected chi connectivity index (χ2v) is 10.7. The number of carbonyl (C=O) groups is 1. The van der Waals surface area contributed by atoms with Gasteiger partial charge >= 0.3 is 0 Å². The lowest BCUT2D eigenvalue weighted by molar-refractivity contribution is -0.137. The normalized spacial score (nSPS) is 21.0. The molecule has 1 atom stereocenters. The van der Waals surface area contributed by atoms with Gasteiger partial charge < -0.3 is 4.90 Å². The predicted octanol–water partition coefficient (Wildman–Crippen LogP) is 2.12. The van der Waals surface area contributed by atoms with E-state index in [1.165, 1.54) is 16.2 Å². The lowest BCUT2D eigenvalue weighted by Gasteiger charge is -2.41.